The maximum Gasteiger partial charge on any atom is 0.416 e. The molecule has 5 rings (SSSR count). The van der Waals surface area contributed by atoms with Gasteiger partial charge in [0, 0.05) is 36.6 Å². The molecule has 0 aliphatic carbocycles. The summed E-state index contributed by atoms with van der Waals surface area (Å²) in [5, 5.41) is 4.34. The number of fused-ring (bicyclic) bond motifs is 1. The fraction of sp³-hybridized carbons (Fsp3) is 0.261. The molecule has 3 heterocycles. The van der Waals surface area contributed by atoms with Crippen LogP contribution < -0.4 is 4.72 Å². The maximum absolute atomic E-state index is 13.5. The number of thioether (sulfide) groups is 1. The van der Waals surface area contributed by atoms with Crippen molar-refractivity contribution in [1.29, 1.82) is 0 Å². The Kier molecular flexibility index (Phi) is 7.02. The summed E-state index contributed by atoms with van der Waals surface area (Å²) in [7, 11) is -3.58. The number of rotatable bonds is 6. The van der Waals surface area contributed by atoms with E-state index in [4.69, 9.17) is 11.6 Å². The van der Waals surface area contributed by atoms with E-state index in [0.29, 0.717) is 16.5 Å². The smallest absolute Gasteiger partial charge is 0.268 e. The molecular weight excluding hydrogens is 567 g/mol. The number of aromatic nitrogens is 2. The molecule has 2 aliphatic rings. The summed E-state index contributed by atoms with van der Waals surface area (Å²) >= 11 is 6.52. The largest absolute Gasteiger partial charge is 0.416 e. The lowest BCUT2D eigenvalue weighted by Gasteiger charge is -2.17. The number of benzene rings is 2. The standard InChI is InChI=1S/C23H19ClF3N5O4S2/c24-17-3-2-15(18(11-17)23(25,26)27)13-32-19-4-1-14(9-16(19)12-28-32)10-20-21(33)31(22(34)37-20)8-7-30-6-5-29-38(30,35)36/h1-4,9-12,29H,5-8,13H2/b20-10-. The SMILES string of the molecule is O=C1S/C(=C\c2ccc3c(cnn3Cc3ccc(Cl)cc3C(F)(F)F)c2)C(=O)N1CCN1CCNS1(=O)=O. The Morgan fingerprint density at radius 3 is 2.63 bits per heavy atom. The highest BCUT2D eigenvalue weighted by molar-refractivity contribution is 8.18. The van der Waals surface area contributed by atoms with Crippen molar-refractivity contribution in [2.24, 2.45) is 0 Å². The molecule has 0 spiro atoms. The number of carbonyl (C=O) groups is 2. The Labute approximate surface area is 224 Å². The lowest BCUT2D eigenvalue weighted by molar-refractivity contribution is -0.138. The predicted octanol–water partition coefficient (Wildman–Crippen LogP) is 3.94. The molecule has 1 N–H and O–H groups in total. The maximum atomic E-state index is 13.5. The molecule has 1 aromatic heterocycles. The number of hydrogen-bond acceptors (Lipinski definition) is 6. The van der Waals surface area contributed by atoms with Crippen molar-refractivity contribution in [3.63, 3.8) is 0 Å². The van der Waals surface area contributed by atoms with Gasteiger partial charge in [-0.15, -0.1) is 0 Å². The number of halogens is 4. The van der Waals surface area contributed by atoms with Crippen molar-refractivity contribution in [2.45, 2.75) is 12.7 Å². The molecule has 0 radical (unpaired) electrons. The Balaban J connectivity index is 1.33. The molecular formula is C23H19ClF3N5O4S2. The zero-order chi connectivity index (χ0) is 27.2. The molecule has 0 saturated carbocycles. The summed E-state index contributed by atoms with van der Waals surface area (Å²) in [6.07, 6.45) is -1.53. The first-order valence-electron chi connectivity index (χ1n) is 11.2. The first kappa shape index (κ1) is 26.7. The van der Waals surface area contributed by atoms with Crippen molar-refractivity contribution in [3.05, 3.63) is 69.2 Å². The number of nitrogens with zero attached hydrogens (tertiary/aromatic N) is 4. The van der Waals surface area contributed by atoms with Gasteiger partial charge in [0.2, 0.25) is 0 Å². The van der Waals surface area contributed by atoms with E-state index in [1.54, 1.807) is 18.2 Å². The van der Waals surface area contributed by atoms with Crippen molar-refractivity contribution >= 4 is 61.7 Å². The van der Waals surface area contributed by atoms with Gasteiger partial charge in [-0.3, -0.25) is 19.2 Å². The quantitative estimate of drug-likeness (QED) is 0.440. The topological polar surface area (TPSA) is 105 Å². The van der Waals surface area contributed by atoms with Crippen LogP contribution in [0.2, 0.25) is 5.02 Å². The van der Waals surface area contributed by atoms with E-state index in [1.165, 1.54) is 33.4 Å². The average molecular weight is 586 g/mol. The van der Waals surface area contributed by atoms with Crippen molar-refractivity contribution in [3.8, 4) is 0 Å². The van der Waals surface area contributed by atoms with Gasteiger partial charge in [-0.05, 0) is 53.2 Å². The molecule has 0 atom stereocenters. The van der Waals surface area contributed by atoms with Gasteiger partial charge in [-0.2, -0.15) is 31.0 Å². The highest BCUT2D eigenvalue weighted by atomic mass is 35.5. The minimum atomic E-state index is -4.57. The fourth-order valence-electron chi connectivity index (χ4n) is 4.23. The number of nitrogens with one attached hydrogen (secondary N) is 1. The highest BCUT2D eigenvalue weighted by Gasteiger charge is 2.37. The van der Waals surface area contributed by atoms with Crippen LogP contribution in [-0.2, 0) is 27.7 Å². The highest BCUT2D eigenvalue weighted by Crippen LogP contribution is 2.35. The van der Waals surface area contributed by atoms with Gasteiger partial charge in [0.05, 0.1) is 28.7 Å². The van der Waals surface area contributed by atoms with E-state index in [-0.39, 0.29) is 48.2 Å². The number of alkyl halides is 3. The summed E-state index contributed by atoms with van der Waals surface area (Å²) < 4.78 is 69.1. The molecule has 2 saturated heterocycles. The van der Waals surface area contributed by atoms with E-state index < -0.39 is 33.1 Å². The Bertz CT molecular complexity index is 1590. The average Bonchev–Trinajstić information content (AvgIpc) is 3.48. The van der Waals surface area contributed by atoms with Gasteiger partial charge in [-0.25, -0.2) is 4.72 Å². The number of carbonyl (C=O) groups excluding carboxylic acids is 2. The second-order valence-electron chi connectivity index (χ2n) is 8.55. The van der Waals surface area contributed by atoms with E-state index in [2.05, 4.69) is 9.82 Å². The van der Waals surface area contributed by atoms with E-state index in [0.717, 1.165) is 22.7 Å². The van der Waals surface area contributed by atoms with Crippen LogP contribution >= 0.6 is 23.4 Å². The zero-order valence-electron chi connectivity index (χ0n) is 19.4. The first-order chi connectivity index (χ1) is 17.9. The molecule has 0 unspecified atom stereocenters. The van der Waals surface area contributed by atoms with Crippen LogP contribution in [0, 0.1) is 0 Å². The van der Waals surface area contributed by atoms with Crippen molar-refractivity contribution in [1.82, 2.24) is 23.7 Å². The third-order valence-corrected chi connectivity index (χ3v) is 8.85. The minimum Gasteiger partial charge on any atom is -0.268 e. The molecule has 0 bridgehead atoms. The van der Waals surface area contributed by atoms with Crippen molar-refractivity contribution < 1.29 is 31.2 Å². The molecule has 9 nitrogen and oxygen atoms in total. The minimum absolute atomic E-state index is 0.00449. The third kappa shape index (κ3) is 5.31. The lowest BCUT2D eigenvalue weighted by atomic mass is 10.1. The fourth-order valence-corrected chi connectivity index (χ4v) is 6.45. The second-order valence-corrected chi connectivity index (χ2v) is 11.7. The summed E-state index contributed by atoms with van der Waals surface area (Å²) in [6, 6.07) is 8.65. The van der Waals surface area contributed by atoms with Gasteiger partial charge < -0.3 is 0 Å². The monoisotopic (exact) mass is 585 g/mol. The number of imide groups is 1. The Hall–Kier alpha value is -2.91. The molecule has 2 fully saturated rings. The molecule has 200 valence electrons. The van der Waals surface area contributed by atoms with Gasteiger partial charge in [0.1, 0.15) is 0 Å². The van der Waals surface area contributed by atoms with Crippen LogP contribution in [0.15, 0.2) is 47.5 Å². The Morgan fingerprint density at radius 2 is 1.92 bits per heavy atom. The van der Waals surface area contributed by atoms with Gasteiger partial charge in [0.15, 0.2) is 0 Å². The number of hydrogen-bond donors (Lipinski definition) is 1. The van der Waals surface area contributed by atoms with E-state index >= 15 is 0 Å². The lowest BCUT2D eigenvalue weighted by Crippen LogP contribution is -2.39. The molecule has 38 heavy (non-hydrogen) atoms. The van der Waals surface area contributed by atoms with E-state index in [1.807, 2.05) is 0 Å². The van der Waals surface area contributed by atoms with Gasteiger partial charge >= 0.3 is 6.18 Å². The molecule has 2 amide bonds. The van der Waals surface area contributed by atoms with Crippen molar-refractivity contribution in [2.75, 3.05) is 26.2 Å². The zero-order valence-corrected chi connectivity index (χ0v) is 21.8. The predicted molar refractivity (Wildman–Crippen MR) is 136 cm³/mol. The van der Waals surface area contributed by atoms with Crippen LogP contribution in [0.4, 0.5) is 18.0 Å². The van der Waals surface area contributed by atoms with Crippen LogP contribution in [0.5, 0.6) is 0 Å². The first-order valence-corrected chi connectivity index (χ1v) is 13.9. The van der Waals surface area contributed by atoms with Crippen LogP contribution in [0.1, 0.15) is 16.7 Å². The second kappa shape index (κ2) is 10.0. The molecule has 2 aliphatic heterocycles. The summed E-state index contributed by atoms with van der Waals surface area (Å²) in [5.74, 6) is -0.525. The number of amides is 2. The summed E-state index contributed by atoms with van der Waals surface area (Å²) in [6.45, 7) is 0.328. The molecule has 3 aromatic rings. The third-order valence-electron chi connectivity index (χ3n) is 6.09. The summed E-state index contributed by atoms with van der Waals surface area (Å²) in [4.78, 5) is 26.4. The van der Waals surface area contributed by atoms with Crippen LogP contribution in [-0.4, -0.2) is 64.7 Å². The van der Waals surface area contributed by atoms with Gasteiger partial charge in [-0.1, -0.05) is 23.7 Å². The van der Waals surface area contributed by atoms with Crippen LogP contribution in [0.3, 0.4) is 0 Å². The van der Waals surface area contributed by atoms with Gasteiger partial charge in [0.25, 0.3) is 21.4 Å². The normalized spacial score (nSPS) is 19.4. The molecule has 2 aromatic carbocycles. The summed E-state index contributed by atoms with van der Waals surface area (Å²) in [5.41, 5.74) is 0.358. The van der Waals surface area contributed by atoms with E-state index in [9.17, 15) is 31.2 Å². The van der Waals surface area contributed by atoms with Crippen LogP contribution in [0.25, 0.3) is 17.0 Å². The molecule has 15 heteroatoms. The Morgan fingerprint density at radius 1 is 1.13 bits per heavy atom.